The Morgan fingerprint density at radius 2 is 2.19 bits per heavy atom. The molecule has 0 radical (unpaired) electrons. The van der Waals surface area contributed by atoms with E-state index in [4.69, 9.17) is 16.0 Å². The molecule has 1 aromatic carbocycles. The van der Waals surface area contributed by atoms with E-state index in [1.54, 1.807) is 0 Å². The monoisotopic (exact) mass is 302 g/mol. The molecule has 2 rings (SSSR count). The average molecular weight is 304 g/mol. The van der Waals surface area contributed by atoms with E-state index in [0.717, 1.165) is 27.4 Å². The maximum absolute atomic E-state index is 9.63. The van der Waals surface area contributed by atoms with Crippen LogP contribution in [0.5, 0.6) is 0 Å². The van der Waals surface area contributed by atoms with Gasteiger partial charge in [0.05, 0.1) is 5.88 Å². The van der Waals surface area contributed by atoms with Crippen LogP contribution < -0.4 is 0 Å². The van der Waals surface area contributed by atoms with Gasteiger partial charge in [-0.05, 0) is 30.2 Å². The molecule has 0 bridgehead atoms. The summed E-state index contributed by atoms with van der Waals surface area (Å²) in [7, 11) is 0. The van der Waals surface area contributed by atoms with Crippen molar-refractivity contribution in [2.24, 2.45) is 0 Å². The fourth-order valence-corrected chi connectivity index (χ4v) is 2.38. The summed E-state index contributed by atoms with van der Waals surface area (Å²) in [5.74, 6) is 0.667. The lowest BCUT2D eigenvalue weighted by Gasteiger charge is -2.01. The molecule has 2 nitrogen and oxygen atoms in total. The van der Waals surface area contributed by atoms with Crippen LogP contribution in [0, 0.1) is 0 Å². The Kier molecular flexibility index (Phi) is 3.57. The summed E-state index contributed by atoms with van der Waals surface area (Å²) >= 11 is 9.06. The molecule has 2 aromatic rings. The molecule has 0 saturated carbocycles. The van der Waals surface area contributed by atoms with Gasteiger partial charge in [-0.25, -0.2) is 0 Å². The number of fused-ring (bicyclic) bond motifs is 1. The second-order valence-electron chi connectivity index (χ2n) is 3.66. The van der Waals surface area contributed by atoms with Gasteiger partial charge in [0.2, 0.25) is 0 Å². The van der Waals surface area contributed by atoms with Crippen molar-refractivity contribution in [2.45, 2.75) is 19.4 Å². The van der Waals surface area contributed by atoms with Gasteiger partial charge in [-0.1, -0.05) is 22.9 Å². The number of hydrogen-bond acceptors (Lipinski definition) is 2. The van der Waals surface area contributed by atoms with Crippen LogP contribution in [0.3, 0.4) is 0 Å². The lowest BCUT2D eigenvalue weighted by Crippen LogP contribution is -1.95. The number of aryl methyl sites for hydroxylation is 1. The van der Waals surface area contributed by atoms with Crippen LogP contribution in [0.2, 0.25) is 0 Å². The van der Waals surface area contributed by atoms with Crippen molar-refractivity contribution in [1.29, 1.82) is 0 Å². The van der Waals surface area contributed by atoms with Crippen molar-refractivity contribution in [1.82, 2.24) is 0 Å². The van der Waals surface area contributed by atoms with Crippen LogP contribution in [0.1, 0.15) is 24.4 Å². The number of halogens is 2. The molecule has 0 aliphatic carbocycles. The molecule has 4 heteroatoms. The molecule has 0 fully saturated rings. The quantitative estimate of drug-likeness (QED) is 0.869. The molecule has 0 amide bonds. The number of furan rings is 1. The fourth-order valence-electron chi connectivity index (χ4n) is 1.71. The number of alkyl halides is 1. The summed E-state index contributed by atoms with van der Waals surface area (Å²) < 4.78 is 6.66. The number of aliphatic hydroxyl groups excluding tert-OH is 1. The Morgan fingerprint density at radius 3 is 2.81 bits per heavy atom. The third kappa shape index (κ3) is 2.12. The maximum atomic E-state index is 9.63. The standard InChI is InChI=1S/C12H12BrClO2/c1-2-7-3-9(13)4-8-5-11(10(15)6-14)16-12(7)8/h3-5,10,15H,2,6H2,1H3. The zero-order valence-corrected chi connectivity index (χ0v) is 11.2. The SMILES string of the molecule is CCc1cc(Br)cc2cc(C(O)CCl)oc12. The second kappa shape index (κ2) is 4.78. The highest BCUT2D eigenvalue weighted by Gasteiger charge is 2.14. The summed E-state index contributed by atoms with van der Waals surface area (Å²) in [5.41, 5.74) is 1.96. The zero-order valence-electron chi connectivity index (χ0n) is 8.84. The molecule has 1 atom stereocenters. The summed E-state index contributed by atoms with van der Waals surface area (Å²) in [4.78, 5) is 0. The molecule has 16 heavy (non-hydrogen) atoms. The Bertz CT molecular complexity index is 507. The maximum Gasteiger partial charge on any atom is 0.137 e. The number of hydrogen-bond donors (Lipinski definition) is 1. The van der Waals surface area contributed by atoms with Crippen molar-refractivity contribution >= 4 is 38.5 Å². The Labute approximate surface area is 107 Å². The minimum Gasteiger partial charge on any atom is -0.458 e. The normalized spacial score (nSPS) is 13.2. The summed E-state index contributed by atoms with van der Waals surface area (Å²) in [6.07, 6.45) is 0.150. The first-order chi connectivity index (χ1) is 7.65. The number of rotatable bonds is 3. The summed E-state index contributed by atoms with van der Waals surface area (Å²) in [6, 6.07) is 5.84. The minimum atomic E-state index is -0.738. The van der Waals surface area contributed by atoms with Gasteiger partial charge in [-0.3, -0.25) is 0 Å². The van der Waals surface area contributed by atoms with Crippen LogP contribution >= 0.6 is 27.5 Å². The Balaban J connectivity index is 2.60. The smallest absolute Gasteiger partial charge is 0.137 e. The molecular weight excluding hydrogens is 291 g/mol. The van der Waals surface area contributed by atoms with Gasteiger partial charge < -0.3 is 9.52 Å². The molecular formula is C12H12BrClO2. The molecule has 86 valence electrons. The number of aliphatic hydroxyl groups is 1. The minimum absolute atomic E-state index is 0.141. The zero-order chi connectivity index (χ0) is 11.7. The van der Waals surface area contributed by atoms with Crippen molar-refractivity contribution < 1.29 is 9.52 Å². The first-order valence-corrected chi connectivity index (χ1v) is 6.44. The first kappa shape index (κ1) is 12.0. The lowest BCUT2D eigenvalue weighted by atomic mass is 10.1. The Morgan fingerprint density at radius 1 is 1.44 bits per heavy atom. The van der Waals surface area contributed by atoms with E-state index in [-0.39, 0.29) is 5.88 Å². The van der Waals surface area contributed by atoms with E-state index in [0.29, 0.717) is 5.76 Å². The van der Waals surface area contributed by atoms with Crippen molar-refractivity contribution in [2.75, 3.05) is 5.88 Å². The predicted molar refractivity (Wildman–Crippen MR) is 69.0 cm³/mol. The van der Waals surface area contributed by atoms with Crippen molar-refractivity contribution in [3.05, 3.63) is 34.0 Å². The topological polar surface area (TPSA) is 33.4 Å². The largest absolute Gasteiger partial charge is 0.458 e. The lowest BCUT2D eigenvalue weighted by molar-refractivity contribution is 0.175. The van der Waals surface area contributed by atoms with Crippen LogP contribution in [0.15, 0.2) is 27.1 Å². The average Bonchev–Trinajstić information content (AvgIpc) is 2.70. The van der Waals surface area contributed by atoms with Crippen LogP contribution in [-0.4, -0.2) is 11.0 Å². The van der Waals surface area contributed by atoms with Gasteiger partial charge in [0.15, 0.2) is 0 Å². The second-order valence-corrected chi connectivity index (χ2v) is 4.88. The third-order valence-corrected chi connectivity index (χ3v) is 3.28. The van der Waals surface area contributed by atoms with Crippen molar-refractivity contribution in [3.8, 4) is 0 Å². The first-order valence-electron chi connectivity index (χ1n) is 5.11. The molecule has 0 spiro atoms. The van der Waals surface area contributed by atoms with E-state index in [1.165, 1.54) is 0 Å². The highest BCUT2D eigenvalue weighted by Crippen LogP contribution is 2.30. The van der Waals surface area contributed by atoms with Gasteiger partial charge in [0.25, 0.3) is 0 Å². The van der Waals surface area contributed by atoms with Gasteiger partial charge >= 0.3 is 0 Å². The van der Waals surface area contributed by atoms with Gasteiger partial charge in [-0.2, -0.15) is 0 Å². The Hall–Kier alpha value is -0.510. The number of benzene rings is 1. The van der Waals surface area contributed by atoms with Gasteiger partial charge in [-0.15, -0.1) is 11.6 Å². The molecule has 0 saturated heterocycles. The molecule has 1 unspecified atom stereocenters. The highest BCUT2D eigenvalue weighted by molar-refractivity contribution is 9.10. The van der Waals surface area contributed by atoms with Crippen LogP contribution in [0.4, 0.5) is 0 Å². The third-order valence-electron chi connectivity index (χ3n) is 2.53. The molecule has 0 aliphatic rings. The molecule has 0 aliphatic heterocycles. The van der Waals surface area contributed by atoms with Crippen molar-refractivity contribution in [3.63, 3.8) is 0 Å². The molecule has 1 heterocycles. The van der Waals surface area contributed by atoms with Gasteiger partial charge in [0.1, 0.15) is 17.4 Å². The van der Waals surface area contributed by atoms with E-state index in [1.807, 2.05) is 18.2 Å². The molecule has 1 N–H and O–H groups in total. The fraction of sp³-hybridized carbons (Fsp3) is 0.333. The van der Waals surface area contributed by atoms with E-state index in [2.05, 4.69) is 22.9 Å². The summed E-state index contributed by atoms with van der Waals surface area (Å²) in [5, 5.41) is 10.6. The predicted octanol–water partition coefficient (Wildman–Crippen LogP) is 4.03. The van der Waals surface area contributed by atoms with Crippen LogP contribution in [0.25, 0.3) is 11.0 Å². The van der Waals surface area contributed by atoms with Crippen LogP contribution in [-0.2, 0) is 6.42 Å². The molecule has 1 aromatic heterocycles. The summed E-state index contributed by atoms with van der Waals surface area (Å²) in [6.45, 7) is 2.07. The van der Waals surface area contributed by atoms with E-state index >= 15 is 0 Å². The highest BCUT2D eigenvalue weighted by atomic mass is 79.9. The van der Waals surface area contributed by atoms with Gasteiger partial charge in [0, 0.05) is 9.86 Å². The van der Waals surface area contributed by atoms with E-state index in [9.17, 15) is 5.11 Å². The van der Waals surface area contributed by atoms with E-state index < -0.39 is 6.10 Å².